The standard InChI is InChI=1S/C10H12ClN3O/c1-3-6-10-7(5-15)12-9(11)4-8(10)14(2)13-6/h4,15H,3,5H2,1-2H3. The molecule has 0 radical (unpaired) electrons. The predicted octanol–water partition coefficient (Wildman–Crippen LogP) is 1.68. The van der Waals surface area contributed by atoms with Gasteiger partial charge >= 0.3 is 0 Å². The van der Waals surface area contributed by atoms with Crippen molar-refractivity contribution in [2.75, 3.05) is 0 Å². The van der Waals surface area contributed by atoms with Crippen LogP contribution >= 0.6 is 11.6 Å². The lowest BCUT2D eigenvalue weighted by molar-refractivity contribution is 0.278. The van der Waals surface area contributed by atoms with Crippen molar-refractivity contribution in [1.29, 1.82) is 0 Å². The van der Waals surface area contributed by atoms with Crippen molar-refractivity contribution in [1.82, 2.24) is 14.8 Å². The van der Waals surface area contributed by atoms with E-state index in [1.807, 2.05) is 14.0 Å². The van der Waals surface area contributed by atoms with E-state index in [1.54, 1.807) is 10.7 Å². The average molecular weight is 226 g/mol. The number of halogens is 1. The van der Waals surface area contributed by atoms with Crippen LogP contribution < -0.4 is 0 Å². The Morgan fingerprint density at radius 1 is 1.47 bits per heavy atom. The summed E-state index contributed by atoms with van der Waals surface area (Å²) >= 11 is 5.86. The first-order valence-corrected chi connectivity index (χ1v) is 5.17. The van der Waals surface area contributed by atoms with Crippen LogP contribution in [0.3, 0.4) is 0 Å². The lowest BCUT2D eigenvalue weighted by atomic mass is 10.1. The third-order valence-corrected chi connectivity index (χ3v) is 2.63. The second kappa shape index (κ2) is 3.79. The van der Waals surface area contributed by atoms with Gasteiger partial charge in [-0.3, -0.25) is 4.68 Å². The van der Waals surface area contributed by atoms with Gasteiger partial charge in [-0.1, -0.05) is 18.5 Å². The van der Waals surface area contributed by atoms with E-state index >= 15 is 0 Å². The Morgan fingerprint density at radius 3 is 2.80 bits per heavy atom. The number of rotatable bonds is 2. The molecular weight excluding hydrogens is 214 g/mol. The van der Waals surface area contributed by atoms with Gasteiger partial charge in [0.1, 0.15) is 5.15 Å². The van der Waals surface area contributed by atoms with Gasteiger partial charge in [0.25, 0.3) is 0 Å². The third kappa shape index (κ3) is 1.60. The van der Waals surface area contributed by atoms with Crippen LogP contribution in [-0.4, -0.2) is 19.9 Å². The highest BCUT2D eigenvalue weighted by molar-refractivity contribution is 6.30. The maximum absolute atomic E-state index is 9.23. The Morgan fingerprint density at radius 2 is 2.20 bits per heavy atom. The van der Waals surface area contributed by atoms with Gasteiger partial charge in [0.2, 0.25) is 0 Å². The molecule has 0 spiro atoms. The maximum Gasteiger partial charge on any atom is 0.131 e. The Kier molecular flexibility index (Phi) is 2.63. The molecule has 0 fully saturated rings. The Bertz CT molecular complexity index is 507. The molecule has 0 amide bonds. The second-order valence-electron chi connectivity index (χ2n) is 3.37. The molecule has 2 rings (SSSR count). The van der Waals surface area contributed by atoms with E-state index in [4.69, 9.17) is 11.6 Å². The van der Waals surface area contributed by atoms with Crippen LogP contribution in [0.1, 0.15) is 18.3 Å². The van der Waals surface area contributed by atoms with Crippen molar-refractivity contribution in [3.63, 3.8) is 0 Å². The van der Waals surface area contributed by atoms with Gasteiger partial charge in [-0.15, -0.1) is 0 Å². The lowest BCUT2D eigenvalue weighted by Gasteiger charge is -2.01. The maximum atomic E-state index is 9.23. The summed E-state index contributed by atoms with van der Waals surface area (Å²) in [6, 6.07) is 1.77. The van der Waals surface area contributed by atoms with Gasteiger partial charge in [-0.2, -0.15) is 5.10 Å². The molecule has 2 aromatic heterocycles. The monoisotopic (exact) mass is 225 g/mol. The summed E-state index contributed by atoms with van der Waals surface area (Å²) in [6.45, 7) is 1.91. The number of fused-ring (bicyclic) bond motifs is 1. The smallest absolute Gasteiger partial charge is 0.131 e. The molecule has 0 aliphatic heterocycles. The highest BCUT2D eigenvalue weighted by Gasteiger charge is 2.13. The average Bonchev–Trinajstić information content (AvgIpc) is 2.55. The molecule has 80 valence electrons. The second-order valence-corrected chi connectivity index (χ2v) is 3.76. The topological polar surface area (TPSA) is 50.9 Å². The van der Waals surface area contributed by atoms with Crippen molar-refractivity contribution in [3.8, 4) is 0 Å². The van der Waals surface area contributed by atoms with Gasteiger partial charge in [-0.25, -0.2) is 4.98 Å². The fraction of sp³-hybridized carbons (Fsp3) is 0.400. The first-order chi connectivity index (χ1) is 7.17. The Hall–Kier alpha value is -1.13. The zero-order valence-electron chi connectivity index (χ0n) is 8.66. The molecule has 5 heteroatoms. The number of hydrogen-bond donors (Lipinski definition) is 1. The fourth-order valence-corrected chi connectivity index (χ4v) is 1.97. The summed E-state index contributed by atoms with van der Waals surface area (Å²) in [5.74, 6) is 0. The zero-order chi connectivity index (χ0) is 11.0. The number of aliphatic hydroxyl groups excluding tert-OH is 1. The van der Waals surface area contributed by atoms with Gasteiger partial charge in [0, 0.05) is 18.5 Å². The molecule has 2 heterocycles. The van der Waals surface area contributed by atoms with Crippen LogP contribution in [0, 0.1) is 0 Å². The minimum absolute atomic E-state index is 0.115. The van der Waals surface area contributed by atoms with Gasteiger partial charge in [0.05, 0.1) is 23.5 Å². The highest BCUT2D eigenvalue weighted by atomic mass is 35.5. The predicted molar refractivity (Wildman–Crippen MR) is 58.8 cm³/mol. The summed E-state index contributed by atoms with van der Waals surface area (Å²) < 4.78 is 1.76. The summed E-state index contributed by atoms with van der Waals surface area (Å²) in [6.07, 6.45) is 0.813. The number of pyridine rings is 1. The van der Waals surface area contributed by atoms with Crippen LogP contribution in [0.4, 0.5) is 0 Å². The zero-order valence-corrected chi connectivity index (χ0v) is 9.41. The van der Waals surface area contributed by atoms with Crippen molar-refractivity contribution in [2.45, 2.75) is 20.0 Å². The van der Waals surface area contributed by atoms with Gasteiger partial charge in [-0.05, 0) is 6.42 Å². The van der Waals surface area contributed by atoms with E-state index in [0.29, 0.717) is 10.8 Å². The van der Waals surface area contributed by atoms with Gasteiger partial charge in [0.15, 0.2) is 0 Å². The van der Waals surface area contributed by atoms with Crippen molar-refractivity contribution < 1.29 is 5.11 Å². The quantitative estimate of drug-likeness (QED) is 0.792. The molecule has 0 saturated heterocycles. The molecule has 15 heavy (non-hydrogen) atoms. The summed E-state index contributed by atoms with van der Waals surface area (Å²) in [5.41, 5.74) is 2.46. The van der Waals surface area contributed by atoms with E-state index in [-0.39, 0.29) is 6.61 Å². The van der Waals surface area contributed by atoms with Crippen molar-refractivity contribution >= 4 is 22.5 Å². The van der Waals surface area contributed by atoms with Crippen LogP contribution in [0.25, 0.3) is 10.9 Å². The molecule has 0 saturated carbocycles. The number of aromatic nitrogens is 3. The Labute approximate surface area is 92.5 Å². The Balaban J connectivity index is 2.86. The number of hydrogen-bond acceptors (Lipinski definition) is 3. The molecule has 0 aliphatic rings. The molecule has 0 aromatic carbocycles. The minimum Gasteiger partial charge on any atom is -0.390 e. The van der Waals surface area contributed by atoms with Crippen LogP contribution in [0.2, 0.25) is 5.15 Å². The van der Waals surface area contributed by atoms with Crippen LogP contribution in [0.15, 0.2) is 6.07 Å². The molecule has 0 atom stereocenters. The van der Waals surface area contributed by atoms with Crippen LogP contribution in [0.5, 0.6) is 0 Å². The minimum atomic E-state index is -0.115. The number of aliphatic hydroxyl groups is 1. The van der Waals surface area contributed by atoms with E-state index in [9.17, 15) is 5.11 Å². The fourth-order valence-electron chi connectivity index (χ4n) is 1.77. The number of aryl methyl sites for hydroxylation is 2. The van der Waals surface area contributed by atoms with E-state index < -0.39 is 0 Å². The number of nitrogens with zero attached hydrogens (tertiary/aromatic N) is 3. The van der Waals surface area contributed by atoms with E-state index in [1.165, 1.54) is 0 Å². The van der Waals surface area contributed by atoms with E-state index in [0.717, 1.165) is 23.0 Å². The van der Waals surface area contributed by atoms with E-state index in [2.05, 4.69) is 10.1 Å². The molecule has 0 unspecified atom stereocenters. The molecule has 1 N–H and O–H groups in total. The normalized spacial score (nSPS) is 11.2. The van der Waals surface area contributed by atoms with Crippen molar-refractivity contribution in [3.05, 3.63) is 22.6 Å². The molecule has 4 nitrogen and oxygen atoms in total. The molecule has 0 aliphatic carbocycles. The first-order valence-electron chi connectivity index (χ1n) is 4.79. The molecule has 0 bridgehead atoms. The SMILES string of the molecule is CCc1nn(C)c2cc(Cl)nc(CO)c12. The first kappa shape index (κ1) is 10.4. The molecular formula is C10H12ClN3O. The largest absolute Gasteiger partial charge is 0.390 e. The lowest BCUT2D eigenvalue weighted by Crippen LogP contribution is -1.93. The van der Waals surface area contributed by atoms with Gasteiger partial charge < -0.3 is 5.11 Å². The molecule has 2 aromatic rings. The van der Waals surface area contributed by atoms with Crippen LogP contribution in [-0.2, 0) is 20.1 Å². The summed E-state index contributed by atoms with van der Waals surface area (Å²) in [7, 11) is 1.86. The summed E-state index contributed by atoms with van der Waals surface area (Å²) in [4.78, 5) is 4.10. The summed E-state index contributed by atoms with van der Waals surface area (Å²) in [5, 5.41) is 14.9. The highest BCUT2D eigenvalue weighted by Crippen LogP contribution is 2.24. The third-order valence-electron chi connectivity index (χ3n) is 2.43. The van der Waals surface area contributed by atoms with Crippen molar-refractivity contribution in [2.24, 2.45) is 7.05 Å².